The molecule has 0 spiro atoms. The molecule has 0 unspecified atom stereocenters. The van der Waals surface area contributed by atoms with Gasteiger partial charge in [0.05, 0.1) is 16.4 Å². The number of ether oxygens (including phenoxy) is 2. The average molecular weight is 463 g/mol. The minimum atomic E-state index is -4.15. The molecule has 2 aromatic carbocycles. The Bertz CT molecular complexity index is 1370. The lowest BCUT2D eigenvalue weighted by atomic mass is 10.1. The third-order valence-corrected chi connectivity index (χ3v) is 5.10. The second-order valence-electron chi connectivity index (χ2n) is 6.37. The quantitative estimate of drug-likeness (QED) is 0.302. The van der Waals surface area contributed by atoms with Crippen molar-refractivity contribution in [1.29, 1.82) is 0 Å². The summed E-state index contributed by atoms with van der Waals surface area (Å²) in [5, 5.41) is 19.3. The van der Waals surface area contributed by atoms with Gasteiger partial charge in [-0.3, -0.25) is 15.4 Å². The van der Waals surface area contributed by atoms with Crippen LogP contribution >= 0.6 is 0 Å². The highest BCUT2D eigenvalue weighted by atomic mass is 32.2. The molecule has 0 saturated heterocycles. The molecule has 12 nitrogen and oxygen atoms in total. The van der Waals surface area contributed by atoms with Crippen LogP contribution < -0.4 is 20.8 Å². The Hall–Kier alpha value is -3.97. The number of nitrogens with zero attached hydrogens (tertiary/aromatic N) is 1. The number of carbonyl (C=O) groups excluding carboxylic acids is 1. The Morgan fingerprint density at radius 2 is 1.97 bits per heavy atom. The number of nitro groups is 1. The lowest BCUT2D eigenvalue weighted by Crippen LogP contribution is -2.13. The molecule has 0 aliphatic carbocycles. The number of hydrogen-bond donors (Lipinski definition) is 2. The van der Waals surface area contributed by atoms with E-state index in [9.17, 15) is 28.1 Å². The number of benzene rings is 2. The number of nitro benzene ring substituents is 1. The summed E-state index contributed by atoms with van der Waals surface area (Å²) in [7, 11) is -4.15. The molecule has 3 N–H and O–H groups in total. The average Bonchev–Trinajstić information content (AvgIpc) is 2.70. The zero-order valence-corrected chi connectivity index (χ0v) is 17.4. The Labute approximate surface area is 180 Å². The molecule has 3 aromatic rings. The van der Waals surface area contributed by atoms with Crippen molar-refractivity contribution in [2.75, 3.05) is 11.9 Å². The first-order valence-corrected chi connectivity index (χ1v) is 10.6. The van der Waals surface area contributed by atoms with Crippen molar-refractivity contribution in [3.8, 4) is 5.75 Å². The summed E-state index contributed by atoms with van der Waals surface area (Å²) in [6, 6.07) is 8.65. The fourth-order valence-corrected chi connectivity index (χ4v) is 3.34. The molecule has 168 valence electrons. The van der Waals surface area contributed by atoms with Gasteiger partial charge in [-0.15, -0.1) is 0 Å². The van der Waals surface area contributed by atoms with E-state index in [0.29, 0.717) is 16.6 Å². The van der Waals surface area contributed by atoms with Crippen LogP contribution in [0.15, 0.2) is 56.6 Å². The van der Waals surface area contributed by atoms with Crippen LogP contribution in [0.4, 0.5) is 16.2 Å². The predicted octanol–water partition coefficient (Wildman–Crippen LogP) is 2.50. The number of nitrogens with two attached hydrogens (primary N) is 1. The van der Waals surface area contributed by atoms with Crippen LogP contribution in [0.3, 0.4) is 0 Å². The van der Waals surface area contributed by atoms with Gasteiger partial charge in [0.2, 0.25) is 10.0 Å². The molecular weight excluding hydrogens is 446 g/mol. The number of anilines is 1. The summed E-state index contributed by atoms with van der Waals surface area (Å²) >= 11 is 0. The number of amides is 1. The van der Waals surface area contributed by atoms with E-state index in [4.69, 9.17) is 19.0 Å². The molecular formula is C19H17N3O9S. The van der Waals surface area contributed by atoms with Crippen LogP contribution in [0, 0.1) is 10.1 Å². The van der Waals surface area contributed by atoms with E-state index in [2.05, 4.69) is 5.32 Å². The number of fused-ring (bicyclic) bond motifs is 1. The molecule has 0 saturated carbocycles. The second kappa shape index (κ2) is 9.03. The van der Waals surface area contributed by atoms with Crippen LogP contribution in [0.2, 0.25) is 0 Å². The summed E-state index contributed by atoms with van der Waals surface area (Å²) in [5.41, 5.74) is -0.493. The zero-order valence-electron chi connectivity index (χ0n) is 16.6. The Morgan fingerprint density at radius 3 is 2.62 bits per heavy atom. The van der Waals surface area contributed by atoms with Crippen molar-refractivity contribution in [1.82, 2.24) is 0 Å². The molecule has 0 fully saturated rings. The number of sulfonamides is 1. The lowest BCUT2D eigenvalue weighted by Gasteiger charge is -2.10. The van der Waals surface area contributed by atoms with Gasteiger partial charge >= 0.3 is 17.4 Å². The molecule has 13 heteroatoms. The Kier molecular flexibility index (Phi) is 6.41. The maximum atomic E-state index is 12.0. The first kappa shape index (κ1) is 22.7. The van der Waals surface area contributed by atoms with Crippen molar-refractivity contribution in [3.63, 3.8) is 0 Å². The van der Waals surface area contributed by atoms with E-state index in [0.717, 1.165) is 24.3 Å². The van der Waals surface area contributed by atoms with Crippen LogP contribution in [-0.4, -0.2) is 26.0 Å². The highest BCUT2D eigenvalue weighted by Crippen LogP contribution is 2.31. The first-order valence-electron chi connectivity index (χ1n) is 9.03. The summed E-state index contributed by atoms with van der Waals surface area (Å²) in [6.45, 7) is 1.57. The van der Waals surface area contributed by atoms with Gasteiger partial charge in [-0.2, -0.15) is 0 Å². The number of hydrogen-bond acceptors (Lipinski definition) is 9. The minimum absolute atomic E-state index is 0.143. The summed E-state index contributed by atoms with van der Waals surface area (Å²) in [6.07, 6.45) is -0.677. The van der Waals surface area contributed by atoms with Crippen LogP contribution in [-0.2, 0) is 21.4 Å². The summed E-state index contributed by atoms with van der Waals surface area (Å²) in [5.74, 6) is -0.218. The molecule has 32 heavy (non-hydrogen) atoms. The van der Waals surface area contributed by atoms with Gasteiger partial charge in [0.1, 0.15) is 12.2 Å². The standard InChI is InChI=1S/C19H17N3O9S/c1-2-29-19(24)21-12-3-5-14-11(7-18(23)31-17(14)8-12)10-30-16-6-4-13(32(20,27)28)9-15(16)22(25)26/h3-9H,2,10H2,1H3,(H,21,24)(H2,20,27,28). The molecule has 0 aliphatic rings. The number of nitrogens with one attached hydrogen (secondary N) is 1. The molecule has 1 heterocycles. The third kappa shape index (κ3) is 5.19. The largest absolute Gasteiger partial charge is 0.482 e. The van der Waals surface area contributed by atoms with Crippen molar-refractivity contribution < 1.29 is 32.0 Å². The highest BCUT2D eigenvalue weighted by molar-refractivity contribution is 7.89. The predicted molar refractivity (Wildman–Crippen MR) is 112 cm³/mol. The van der Waals surface area contributed by atoms with Gasteiger partial charge < -0.3 is 13.9 Å². The molecule has 1 amide bonds. The van der Waals surface area contributed by atoms with E-state index in [1.807, 2.05) is 0 Å². The van der Waals surface area contributed by atoms with Crippen LogP contribution in [0.5, 0.6) is 5.75 Å². The molecule has 0 atom stereocenters. The topological polar surface area (TPSA) is 181 Å². The number of rotatable bonds is 7. The van der Waals surface area contributed by atoms with Crippen LogP contribution in [0.25, 0.3) is 11.0 Å². The van der Waals surface area contributed by atoms with Crippen molar-refractivity contribution in [2.45, 2.75) is 18.4 Å². The van der Waals surface area contributed by atoms with Crippen LogP contribution in [0.1, 0.15) is 12.5 Å². The summed E-state index contributed by atoms with van der Waals surface area (Å²) in [4.78, 5) is 33.6. The minimum Gasteiger partial charge on any atom is -0.482 e. The van der Waals surface area contributed by atoms with E-state index in [1.54, 1.807) is 19.1 Å². The van der Waals surface area contributed by atoms with Gasteiger partial charge in [0.25, 0.3) is 0 Å². The SMILES string of the molecule is CCOC(=O)Nc1ccc2c(COc3ccc(S(N)(=O)=O)cc3[N+](=O)[O-])cc(=O)oc2c1. The second-order valence-corrected chi connectivity index (χ2v) is 7.93. The van der Waals surface area contributed by atoms with Gasteiger partial charge in [0.15, 0.2) is 5.75 Å². The summed E-state index contributed by atoms with van der Waals surface area (Å²) < 4.78 is 38.3. The van der Waals surface area contributed by atoms with E-state index >= 15 is 0 Å². The van der Waals surface area contributed by atoms with Crippen molar-refractivity contribution in [3.05, 3.63) is 68.6 Å². The smallest absolute Gasteiger partial charge is 0.411 e. The molecule has 1 aromatic heterocycles. The lowest BCUT2D eigenvalue weighted by molar-refractivity contribution is -0.386. The normalized spacial score (nSPS) is 11.2. The van der Waals surface area contributed by atoms with Gasteiger partial charge in [-0.05, 0) is 31.2 Å². The van der Waals surface area contributed by atoms with Crippen molar-refractivity contribution in [2.24, 2.45) is 5.14 Å². The molecule has 0 bridgehead atoms. The fraction of sp³-hybridized carbons (Fsp3) is 0.158. The fourth-order valence-electron chi connectivity index (χ4n) is 2.81. The van der Waals surface area contributed by atoms with Gasteiger partial charge in [-0.25, -0.2) is 23.1 Å². The highest BCUT2D eigenvalue weighted by Gasteiger charge is 2.21. The molecule has 3 rings (SSSR count). The van der Waals surface area contributed by atoms with Crippen molar-refractivity contribution >= 4 is 38.5 Å². The van der Waals surface area contributed by atoms with Gasteiger partial charge in [0, 0.05) is 34.8 Å². The zero-order chi connectivity index (χ0) is 23.5. The third-order valence-electron chi connectivity index (χ3n) is 4.19. The Balaban J connectivity index is 1.92. The maximum absolute atomic E-state index is 12.0. The monoisotopic (exact) mass is 463 g/mol. The molecule has 0 radical (unpaired) electrons. The Morgan fingerprint density at radius 1 is 1.22 bits per heavy atom. The number of carbonyl (C=O) groups is 1. The van der Waals surface area contributed by atoms with E-state index in [1.165, 1.54) is 6.07 Å². The first-order chi connectivity index (χ1) is 15.1. The van der Waals surface area contributed by atoms with E-state index < -0.39 is 37.2 Å². The van der Waals surface area contributed by atoms with Gasteiger partial charge in [-0.1, -0.05) is 0 Å². The molecule has 0 aliphatic heterocycles. The maximum Gasteiger partial charge on any atom is 0.411 e. The number of primary sulfonamides is 1. The van der Waals surface area contributed by atoms with E-state index in [-0.39, 0.29) is 24.5 Å².